The van der Waals surface area contributed by atoms with Crippen molar-refractivity contribution >= 4 is 33.7 Å². The summed E-state index contributed by atoms with van der Waals surface area (Å²) >= 11 is 0. The quantitative estimate of drug-likeness (QED) is 0.219. The van der Waals surface area contributed by atoms with Crippen LogP contribution in [0.4, 0.5) is 0 Å². The molecule has 5 aromatic rings. The number of aliphatic carboxylic acids is 1. The summed E-state index contributed by atoms with van der Waals surface area (Å²) in [6.45, 7) is 0.866. The zero-order chi connectivity index (χ0) is 26.6. The van der Waals surface area contributed by atoms with Crippen LogP contribution in [0, 0.1) is 0 Å². The van der Waals surface area contributed by atoms with E-state index in [4.69, 9.17) is 0 Å². The van der Waals surface area contributed by atoms with Crippen LogP contribution in [0.15, 0.2) is 84.9 Å². The Kier molecular flexibility index (Phi) is 7.06. The van der Waals surface area contributed by atoms with Crippen LogP contribution in [0.2, 0.25) is 0 Å². The molecule has 192 valence electrons. The number of aromatic hydroxyl groups is 1. The number of nitrogens with zero attached hydrogens (tertiary/aromatic N) is 2. The number of pyridine rings is 1. The highest BCUT2D eigenvalue weighted by Gasteiger charge is 2.21. The number of phenols is 1. The number of benzene rings is 3. The number of phenolic OH excluding ortho intramolecular Hbond substituents is 1. The minimum Gasteiger partial charge on any atom is -0.508 e. The number of aromatic nitrogens is 2. The molecule has 0 unspecified atom stereocenters. The average Bonchev–Trinajstić information content (AvgIpc) is 3.23. The van der Waals surface area contributed by atoms with E-state index in [1.165, 1.54) is 12.1 Å². The molecule has 0 amide bonds. The molecule has 2 aromatic heterocycles. The molecule has 8 heteroatoms. The minimum atomic E-state index is -1.11. The van der Waals surface area contributed by atoms with Gasteiger partial charge in [-0.25, -0.2) is 9.78 Å². The molecule has 5 rings (SSSR count). The van der Waals surface area contributed by atoms with Crippen LogP contribution in [-0.4, -0.2) is 49.4 Å². The zero-order valence-electron chi connectivity index (χ0n) is 20.5. The Hall–Kier alpha value is -4.69. The van der Waals surface area contributed by atoms with Gasteiger partial charge in [0.05, 0.1) is 11.2 Å². The van der Waals surface area contributed by atoms with Gasteiger partial charge in [0, 0.05) is 35.8 Å². The molecule has 0 bridgehead atoms. The Morgan fingerprint density at radius 1 is 0.868 bits per heavy atom. The topological polar surface area (TPSA) is 125 Å². The van der Waals surface area contributed by atoms with Crippen molar-refractivity contribution < 1.29 is 24.9 Å². The van der Waals surface area contributed by atoms with Gasteiger partial charge in [-0.05, 0) is 41.8 Å². The van der Waals surface area contributed by atoms with Gasteiger partial charge in [-0.15, -0.1) is 0 Å². The van der Waals surface area contributed by atoms with Crippen molar-refractivity contribution in [3.8, 4) is 5.75 Å². The predicted octanol–water partition coefficient (Wildman–Crippen LogP) is 4.47. The standard InChI is InChI=1S/C30H27N3O5/c34-21-12-10-19(11-13-21)16-25(29(35)36)31-15-14-24-28-23(17-26(32-24)30(37)38)22-8-4-5-9-27(22)33(28)18-20-6-2-1-3-7-20/h1-13,17,25,31,34H,14-16,18H2,(H,35,36)(H,37,38)/t25-/m1/s1. The minimum absolute atomic E-state index is 0.0472. The molecule has 0 aliphatic carbocycles. The van der Waals surface area contributed by atoms with Gasteiger partial charge in [-0.3, -0.25) is 4.79 Å². The van der Waals surface area contributed by atoms with Crippen molar-refractivity contribution in [2.75, 3.05) is 6.54 Å². The fourth-order valence-electron chi connectivity index (χ4n) is 4.85. The summed E-state index contributed by atoms with van der Waals surface area (Å²) in [5, 5.41) is 33.9. The largest absolute Gasteiger partial charge is 0.508 e. The molecule has 0 spiro atoms. The van der Waals surface area contributed by atoms with E-state index >= 15 is 0 Å². The smallest absolute Gasteiger partial charge is 0.354 e. The van der Waals surface area contributed by atoms with Gasteiger partial charge < -0.3 is 25.2 Å². The summed E-state index contributed by atoms with van der Waals surface area (Å²) in [4.78, 5) is 28.4. The van der Waals surface area contributed by atoms with Crippen molar-refractivity contribution in [3.63, 3.8) is 0 Å². The third-order valence-corrected chi connectivity index (χ3v) is 6.65. The van der Waals surface area contributed by atoms with Gasteiger partial charge in [0.15, 0.2) is 0 Å². The first kappa shape index (κ1) is 25.0. The second kappa shape index (κ2) is 10.7. The molecule has 0 radical (unpaired) electrons. The van der Waals surface area contributed by atoms with Crippen LogP contribution in [0.5, 0.6) is 5.75 Å². The Balaban J connectivity index is 1.50. The maximum atomic E-state index is 11.9. The number of aromatic carboxylic acids is 1. The van der Waals surface area contributed by atoms with Gasteiger partial charge in [-0.1, -0.05) is 60.7 Å². The third-order valence-electron chi connectivity index (χ3n) is 6.65. The van der Waals surface area contributed by atoms with Gasteiger partial charge >= 0.3 is 11.9 Å². The van der Waals surface area contributed by atoms with E-state index in [9.17, 15) is 24.9 Å². The SMILES string of the molecule is O=C(O)c1cc2c3ccccc3n(Cc3ccccc3)c2c(CCN[C@H](Cc2ccc(O)cc2)C(=O)O)n1. The van der Waals surface area contributed by atoms with E-state index < -0.39 is 18.0 Å². The van der Waals surface area contributed by atoms with Gasteiger partial charge in [-0.2, -0.15) is 0 Å². The van der Waals surface area contributed by atoms with Crippen LogP contribution in [0.3, 0.4) is 0 Å². The zero-order valence-corrected chi connectivity index (χ0v) is 20.5. The highest BCUT2D eigenvalue weighted by molar-refractivity contribution is 6.10. The van der Waals surface area contributed by atoms with E-state index in [0.29, 0.717) is 18.7 Å². The number of carboxylic acids is 2. The fraction of sp³-hybridized carbons (Fsp3) is 0.167. The fourth-order valence-corrected chi connectivity index (χ4v) is 4.85. The summed E-state index contributed by atoms with van der Waals surface area (Å²) in [5.41, 5.74) is 4.23. The molecule has 2 heterocycles. The highest BCUT2D eigenvalue weighted by atomic mass is 16.4. The first-order valence-electron chi connectivity index (χ1n) is 12.3. The van der Waals surface area contributed by atoms with Crippen molar-refractivity contribution in [2.45, 2.75) is 25.4 Å². The number of fused-ring (bicyclic) bond motifs is 3. The number of carbonyl (C=O) groups is 2. The van der Waals surface area contributed by atoms with Crippen molar-refractivity contribution in [1.82, 2.24) is 14.9 Å². The maximum absolute atomic E-state index is 11.9. The molecule has 3 aromatic carbocycles. The van der Waals surface area contributed by atoms with E-state index in [1.807, 2.05) is 54.6 Å². The van der Waals surface area contributed by atoms with Gasteiger partial charge in [0.1, 0.15) is 17.5 Å². The summed E-state index contributed by atoms with van der Waals surface area (Å²) in [6, 6.07) is 25.1. The lowest BCUT2D eigenvalue weighted by atomic mass is 10.1. The molecule has 0 aliphatic heterocycles. The molecule has 0 aliphatic rings. The van der Waals surface area contributed by atoms with E-state index in [1.54, 1.807) is 18.2 Å². The lowest BCUT2D eigenvalue weighted by Crippen LogP contribution is -2.39. The van der Waals surface area contributed by atoms with E-state index in [0.717, 1.165) is 32.9 Å². The van der Waals surface area contributed by atoms with Gasteiger partial charge in [0.25, 0.3) is 0 Å². The lowest BCUT2D eigenvalue weighted by molar-refractivity contribution is -0.139. The van der Waals surface area contributed by atoms with E-state index in [-0.39, 0.29) is 24.4 Å². The highest BCUT2D eigenvalue weighted by Crippen LogP contribution is 2.32. The monoisotopic (exact) mass is 509 g/mol. The third kappa shape index (κ3) is 5.21. The van der Waals surface area contributed by atoms with Crippen LogP contribution >= 0.6 is 0 Å². The first-order valence-corrected chi connectivity index (χ1v) is 12.3. The van der Waals surface area contributed by atoms with Crippen molar-refractivity contribution in [3.05, 3.63) is 107 Å². The van der Waals surface area contributed by atoms with Crippen LogP contribution < -0.4 is 5.32 Å². The van der Waals surface area contributed by atoms with Crippen LogP contribution in [-0.2, 0) is 24.2 Å². The Morgan fingerprint density at radius 2 is 1.58 bits per heavy atom. The molecule has 4 N–H and O–H groups in total. The molecule has 38 heavy (non-hydrogen) atoms. The Morgan fingerprint density at radius 3 is 2.29 bits per heavy atom. The average molecular weight is 510 g/mol. The molecular formula is C30H27N3O5. The summed E-state index contributed by atoms with van der Waals surface area (Å²) in [5.74, 6) is -1.99. The summed E-state index contributed by atoms with van der Waals surface area (Å²) < 4.78 is 2.15. The predicted molar refractivity (Wildman–Crippen MR) is 145 cm³/mol. The first-order chi connectivity index (χ1) is 18.4. The summed E-state index contributed by atoms with van der Waals surface area (Å²) in [6.07, 6.45) is 0.573. The Bertz CT molecular complexity index is 1610. The summed E-state index contributed by atoms with van der Waals surface area (Å²) in [7, 11) is 0. The van der Waals surface area contributed by atoms with Crippen LogP contribution in [0.25, 0.3) is 21.8 Å². The number of hydrogen-bond acceptors (Lipinski definition) is 5. The normalized spacial score (nSPS) is 12.1. The van der Waals surface area contributed by atoms with Crippen molar-refractivity contribution in [1.29, 1.82) is 0 Å². The molecule has 0 saturated heterocycles. The number of para-hydroxylation sites is 1. The number of nitrogens with one attached hydrogen (secondary N) is 1. The molecule has 0 fully saturated rings. The number of rotatable bonds is 10. The molecule has 8 nitrogen and oxygen atoms in total. The lowest BCUT2D eigenvalue weighted by Gasteiger charge is -2.16. The molecule has 0 saturated carbocycles. The van der Waals surface area contributed by atoms with Crippen molar-refractivity contribution in [2.24, 2.45) is 0 Å². The van der Waals surface area contributed by atoms with Gasteiger partial charge in [0.2, 0.25) is 0 Å². The van der Waals surface area contributed by atoms with E-state index in [2.05, 4.69) is 14.9 Å². The maximum Gasteiger partial charge on any atom is 0.354 e. The Labute approximate surface area is 218 Å². The number of carboxylic acid groups (broad SMARTS) is 2. The number of hydrogen-bond donors (Lipinski definition) is 4. The molecule has 1 atom stereocenters. The second-order valence-corrected chi connectivity index (χ2v) is 9.21. The molecular weight excluding hydrogens is 482 g/mol. The second-order valence-electron chi connectivity index (χ2n) is 9.21. The van der Waals surface area contributed by atoms with Crippen LogP contribution in [0.1, 0.15) is 27.3 Å².